The van der Waals surface area contributed by atoms with Crippen molar-refractivity contribution >= 4 is 11.4 Å². The number of nitro groups is 1. The Morgan fingerprint density at radius 3 is 2.61 bits per heavy atom. The number of benzene rings is 1. The normalized spacial score (nSPS) is 12.5. The molecule has 18 heavy (non-hydrogen) atoms. The van der Waals surface area contributed by atoms with Gasteiger partial charge in [0.2, 0.25) is 0 Å². The maximum atomic E-state index is 10.7. The van der Waals surface area contributed by atoms with Gasteiger partial charge < -0.3 is 10.2 Å². The number of anilines is 1. The highest BCUT2D eigenvalue weighted by Gasteiger charge is 2.14. The molecule has 1 aromatic rings. The van der Waals surface area contributed by atoms with Crippen LogP contribution in [0.4, 0.5) is 11.4 Å². The molecule has 0 fully saturated rings. The van der Waals surface area contributed by atoms with Gasteiger partial charge in [0.15, 0.2) is 0 Å². The van der Waals surface area contributed by atoms with Gasteiger partial charge in [0, 0.05) is 6.07 Å². The summed E-state index contributed by atoms with van der Waals surface area (Å²) in [5.41, 5.74) is 3.43. The van der Waals surface area contributed by atoms with E-state index >= 15 is 0 Å². The number of nitrogens with one attached hydrogen (secondary N) is 1. The summed E-state index contributed by atoms with van der Waals surface area (Å²) in [6.07, 6.45) is 0.134. The van der Waals surface area contributed by atoms with Crippen LogP contribution in [0, 0.1) is 16.0 Å². The van der Waals surface area contributed by atoms with Crippen LogP contribution in [-0.2, 0) is 11.3 Å². The zero-order chi connectivity index (χ0) is 13.7. The summed E-state index contributed by atoms with van der Waals surface area (Å²) in [5, 5.41) is 10.7. The molecule has 0 radical (unpaired) electrons. The van der Waals surface area contributed by atoms with Crippen molar-refractivity contribution in [1.29, 1.82) is 0 Å². The van der Waals surface area contributed by atoms with Crippen LogP contribution in [0.3, 0.4) is 0 Å². The van der Waals surface area contributed by atoms with E-state index in [2.05, 4.69) is 19.3 Å². The molecule has 1 unspecified atom stereocenters. The van der Waals surface area contributed by atoms with E-state index in [1.807, 2.05) is 6.92 Å². The monoisotopic (exact) mass is 253 g/mol. The standard InChI is InChI=1S/C12H19N3O3/c1-8(2)9(3)18-7-10-4-5-12(15(16)17)11(6-10)14-13/h4-6,8-9,14H,7,13H2,1-3H3. The van der Waals surface area contributed by atoms with Crippen molar-refractivity contribution in [3.05, 3.63) is 33.9 Å². The van der Waals surface area contributed by atoms with Gasteiger partial charge in [-0.25, -0.2) is 0 Å². The van der Waals surface area contributed by atoms with Crippen molar-refractivity contribution in [2.45, 2.75) is 33.5 Å². The molecule has 0 heterocycles. The minimum Gasteiger partial charge on any atom is -0.374 e. The van der Waals surface area contributed by atoms with Crippen LogP contribution in [0.2, 0.25) is 0 Å². The lowest BCUT2D eigenvalue weighted by Crippen LogP contribution is -2.15. The van der Waals surface area contributed by atoms with Crippen molar-refractivity contribution < 1.29 is 9.66 Å². The zero-order valence-electron chi connectivity index (χ0n) is 10.8. The largest absolute Gasteiger partial charge is 0.374 e. The molecule has 0 amide bonds. The summed E-state index contributed by atoms with van der Waals surface area (Å²) in [5.74, 6) is 5.69. The molecular weight excluding hydrogens is 234 g/mol. The van der Waals surface area contributed by atoms with Crippen molar-refractivity contribution in [1.82, 2.24) is 0 Å². The molecule has 6 nitrogen and oxygen atoms in total. The molecule has 1 rings (SSSR count). The Kier molecular flexibility index (Phi) is 5.06. The van der Waals surface area contributed by atoms with Crippen molar-refractivity contribution in [3.63, 3.8) is 0 Å². The molecule has 0 saturated heterocycles. The molecule has 0 aliphatic rings. The van der Waals surface area contributed by atoms with Gasteiger partial charge in [-0.05, 0) is 30.5 Å². The Morgan fingerprint density at radius 2 is 2.11 bits per heavy atom. The molecule has 0 aliphatic heterocycles. The summed E-state index contributed by atoms with van der Waals surface area (Å²) in [4.78, 5) is 10.3. The summed E-state index contributed by atoms with van der Waals surface area (Å²) in [6, 6.07) is 4.73. The molecule has 0 bridgehead atoms. The maximum absolute atomic E-state index is 10.7. The second kappa shape index (κ2) is 6.32. The van der Waals surface area contributed by atoms with Gasteiger partial charge >= 0.3 is 0 Å². The molecule has 0 saturated carbocycles. The molecule has 0 aromatic heterocycles. The van der Waals surface area contributed by atoms with Gasteiger partial charge in [-0.2, -0.15) is 0 Å². The number of nitrogens with zero attached hydrogens (tertiary/aromatic N) is 1. The van der Waals surface area contributed by atoms with Gasteiger partial charge in [0.25, 0.3) is 5.69 Å². The minimum atomic E-state index is -0.476. The van der Waals surface area contributed by atoms with E-state index in [9.17, 15) is 10.1 Å². The Morgan fingerprint density at radius 1 is 1.44 bits per heavy atom. The van der Waals surface area contributed by atoms with Crippen LogP contribution < -0.4 is 11.3 Å². The Balaban J connectivity index is 2.77. The average Bonchev–Trinajstić information content (AvgIpc) is 2.34. The van der Waals surface area contributed by atoms with Crippen molar-refractivity contribution in [2.75, 3.05) is 5.43 Å². The average molecular weight is 253 g/mol. The quantitative estimate of drug-likeness (QED) is 0.461. The van der Waals surface area contributed by atoms with E-state index in [1.54, 1.807) is 12.1 Å². The first-order valence-corrected chi connectivity index (χ1v) is 5.81. The molecule has 100 valence electrons. The van der Waals surface area contributed by atoms with Gasteiger partial charge in [-0.1, -0.05) is 13.8 Å². The summed E-state index contributed by atoms with van der Waals surface area (Å²) < 4.78 is 5.65. The van der Waals surface area contributed by atoms with E-state index in [-0.39, 0.29) is 11.8 Å². The predicted molar refractivity (Wildman–Crippen MR) is 70.0 cm³/mol. The number of hydrogen-bond acceptors (Lipinski definition) is 5. The van der Waals surface area contributed by atoms with Gasteiger partial charge in [0.1, 0.15) is 5.69 Å². The second-order valence-corrected chi connectivity index (χ2v) is 4.51. The summed E-state index contributed by atoms with van der Waals surface area (Å²) in [7, 11) is 0. The van der Waals surface area contributed by atoms with Crippen molar-refractivity contribution in [3.8, 4) is 0 Å². The van der Waals surface area contributed by atoms with Gasteiger partial charge in [0.05, 0.1) is 17.6 Å². The number of nitrogen functional groups attached to an aromatic ring is 1. The third-order valence-corrected chi connectivity index (χ3v) is 2.86. The maximum Gasteiger partial charge on any atom is 0.293 e. The van der Waals surface area contributed by atoms with Gasteiger partial charge in [-0.3, -0.25) is 16.0 Å². The summed E-state index contributed by atoms with van der Waals surface area (Å²) >= 11 is 0. The van der Waals surface area contributed by atoms with Crippen LogP contribution in [-0.4, -0.2) is 11.0 Å². The van der Waals surface area contributed by atoms with Crippen LogP contribution in [0.1, 0.15) is 26.3 Å². The van der Waals surface area contributed by atoms with E-state index in [4.69, 9.17) is 10.6 Å². The van der Waals surface area contributed by atoms with Gasteiger partial charge in [-0.15, -0.1) is 0 Å². The lowest BCUT2D eigenvalue weighted by atomic mass is 10.1. The highest BCUT2D eigenvalue weighted by atomic mass is 16.6. The highest BCUT2D eigenvalue weighted by Crippen LogP contribution is 2.25. The second-order valence-electron chi connectivity index (χ2n) is 4.51. The first kappa shape index (κ1) is 14.4. The molecule has 3 N–H and O–H groups in total. The van der Waals surface area contributed by atoms with Crippen LogP contribution in [0.5, 0.6) is 0 Å². The summed E-state index contributed by atoms with van der Waals surface area (Å²) in [6.45, 7) is 6.56. The fourth-order valence-corrected chi connectivity index (χ4v) is 1.37. The third-order valence-electron chi connectivity index (χ3n) is 2.86. The number of rotatable bonds is 6. The lowest BCUT2D eigenvalue weighted by Gasteiger charge is -2.16. The van der Waals surface area contributed by atoms with Crippen LogP contribution in [0.25, 0.3) is 0 Å². The Labute approximate surface area is 106 Å². The molecule has 1 aromatic carbocycles. The van der Waals surface area contributed by atoms with Crippen LogP contribution in [0.15, 0.2) is 18.2 Å². The number of hydrazine groups is 1. The zero-order valence-corrected chi connectivity index (χ0v) is 10.8. The van der Waals surface area contributed by atoms with E-state index in [0.717, 1.165) is 5.56 Å². The van der Waals surface area contributed by atoms with Crippen LogP contribution >= 0.6 is 0 Å². The predicted octanol–water partition coefficient (Wildman–Crippen LogP) is 2.44. The van der Waals surface area contributed by atoms with E-state index < -0.39 is 4.92 Å². The fourth-order valence-electron chi connectivity index (χ4n) is 1.37. The molecule has 6 heteroatoms. The van der Waals surface area contributed by atoms with E-state index in [1.165, 1.54) is 6.07 Å². The Hall–Kier alpha value is -1.66. The first-order chi connectivity index (χ1) is 8.45. The number of hydrogen-bond donors (Lipinski definition) is 2. The molecule has 0 aliphatic carbocycles. The Bertz CT molecular complexity index is 421. The number of ether oxygens (including phenoxy) is 1. The number of nitro benzene ring substituents is 1. The van der Waals surface area contributed by atoms with E-state index in [0.29, 0.717) is 18.2 Å². The third kappa shape index (κ3) is 3.68. The fraction of sp³-hybridized carbons (Fsp3) is 0.500. The van der Waals surface area contributed by atoms with Crippen molar-refractivity contribution in [2.24, 2.45) is 11.8 Å². The minimum absolute atomic E-state index is 0.0434. The smallest absolute Gasteiger partial charge is 0.293 e. The highest BCUT2D eigenvalue weighted by molar-refractivity contribution is 5.61. The lowest BCUT2D eigenvalue weighted by molar-refractivity contribution is -0.384. The topological polar surface area (TPSA) is 90.4 Å². The number of nitrogens with two attached hydrogens (primary N) is 1. The molecule has 1 atom stereocenters. The molecular formula is C12H19N3O3. The SMILES string of the molecule is CC(C)C(C)OCc1ccc([N+](=O)[O-])c(NN)c1. The first-order valence-electron chi connectivity index (χ1n) is 5.81. The molecule has 0 spiro atoms.